The Balaban J connectivity index is 1.27. The lowest BCUT2D eigenvalue weighted by Crippen LogP contribution is -2.26. The van der Waals surface area contributed by atoms with Gasteiger partial charge in [0.2, 0.25) is 11.2 Å². The molecule has 6 heteroatoms. The molecule has 1 fully saturated rings. The van der Waals surface area contributed by atoms with Gasteiger partial charge in [-0.25, -0.2) is 0 Å². The zero-order valence-electron chi connectivity index (χ0n) is 16.8. The van der Waals surface area contributed by atoms with Crippen molar-refractivity contribution in [2.24, 2.45) is 11.8 Å². The van der Waals surface area contributed by atoms with E-state index < -0.39 is 0 Å². The quantitative estimate of drug-likeness (QED) is 0.695. The largest absolute Gasteiger partial charge is 0.486 e. The standard InChI is InChI=1S/C23H27NO5/c1-27-23(26)17-8-6-16(7-9-17)14-29-22-15-28-20(10-21(22)25)13-24-11-18-4-2-3-5-19(18)12-24/h2-5,10,15-17H,6-9,11-14H2,1H3. The van der Waals surface area contributed by atoms with Gasteiger partial charge in [0.05, 0.1) is 26.2 Å². The van der Waals surface area contributed by atoms with Crippen LogP contribution in [0.1, 0.15) is 42.6 Å². The Morgan fingerprint density at radius 3 is 2.45 bits per heavy atom. The van der Waals surface area contributed by atoms with Gasteiger partial charge in [-0.05, 0) is 42.7 Å². The van der Waals surface area contributed by atoms with Gasteiger partial charge >= 0.3 is 5.97 Å². The van der Waals surface area contributed by atoms with Crippen molar-refractivity contribution in [3.8, 4) is 5.75 Å². The second-order valence-corrected chi connectivity index (χ2v) is 8.04. The van der Waals surface area contributed by atoms with Crippen LogP contribution in [0.2, 0.25) is 0 Å². The summed E-state index contributed by atoms with van der Waals surface area (Å²) in [6.07, 6.45) is 4.86. The normalized spacial score (nSPS) is 21.6. The molecule has 6 nitrogen and oxygen atoms in total. The van der Waals surface area contributed by atoms with Gasteiger partial charge in [-0.15, -0.1) is 0 Å². The monoisotopic (exact) mass is 397 g/mol. The summed E-state index contributed by atoms with van der Waals surface area (Å²) in [4.78, 5) is 26.3. The number of methoxy groups -OCH3 is 1. The maximum atomic E-state index is 12.4. The molecule has 2 aromatic rings. The number of carbonyl (C=O) groups is 1. The number of ether oxygens (including phenoxy) is 2. The van der Waals surface area contributed by atoms with Crippen molar-refractivity contribution in [2.75, 3.05) is 13.7 Å². The molecule has 0 unspecified atom stereocenters. The molecule has 0 N–H and O–H groups in total. The number of benzene rings is 1. The molecule has 29 heavy (non-hydrogen) atoms. The van der Waals surface area contributed by atoms with E-state index in [0.29, 0.717) is 24.8 Å². The van der Waals surface area contributed by atoms with Gasteiger partial charge in [0, 0.05) is 19.2 Å². The number of rotatable bonds is 6. The lowest BCUT2D eigenvalue weighted by molar-refractivity contribution is -0.146. The van der Waals surface area contributed by atoms with Crippen LogP contribution in [0.4, 0.5) is 0 Å². The van der Waals surface area contributed by atoms with Gasteiger partial charge in [-0.2, -0.15) is 0 Å². The maximum Gasteiger partial charge on any atom is 0.308 e. The number of carbonyl (C=O) groups excluding carboxylic acids is 1. The van der Waals surface area contributed by atoms with E-state index in [1.54, 1.807) is 0 Å². The summed E-state index contributed by atoms with van der Waals surface area (Å²) < 4.78 is 16.2. The first kappa shape index (κ1) is 19.7. The van der Waals surface area contributed by atoms with Crippen molar-refractivity contribution in [2.45, 2.75) is 45.3 Å². The van der Waals surface area contributed by atoms with Gasteiger partial charge in [0.15, 0.2) is 0 Å². The minimum Gasteiger partial charge on any atom is -0.486 e. The van der Waals surface area contributed by atoms with Crippen molar-refractivity contribution < 1.29 is 18.7 Å². The highest BCUT2D eigenvalue weighted by Crippen LogP contribution is 2.30. The lowest BCUT2D eigenvalue weighted by atomic mass is 9.82. The first-order valence-electron chi connectivity index (χ1n) is 10.2. The molecule has 1 saturated carbocycles. The van der Waals surface area contributed by atoms with Crippen LogP contribution in [0.5, 0.6) is 5.75 Å². The third kappa shape index (κ3) is 4.70. The lowest BCUT2D eigenvalue weighted by Gasteiger charge is -2.26. The second kappa shape index (κ2) is 8.82. The SMILES string of the molecule is COC(=O)C1CCC(COc2coc(CN3Cc4ccccc4C3)cc2=O)CC1. The van der Waals surface area contributed by atoms with E-state index in [1.165, 1.54) is 30.6 Å². The van der Waals surface area contributed by atoms with Gasteiger partial charge in [-0.1, -0.05) is 24.3 Å². The van der Waals surface area contributed by atoms with Crippen molar-refractivity contribution >= 4 is 5.97 Å². The zero-order chi connectivity index (χ0) is 20.2. The van der Waals surface area contributed by atoms with E-state index in [-0.39, 0.29) is 23.1 Å². The molecule has 154 valence electrons. The Bertz CT molecular complexity index is 888. The van der Waals surface area contributed by atoms with Crippen molar-refractivity contribution in [3.05, 3.63) is 63.7 Å². The smallest absolute Gasteiger partial charge is 0.308 e. The first-order chi connectivity index (χ1) is 14.1. The highest BCUT2D eigenvalue weighted by atomic mass is 16.5. The van der Waals surface area contributed by atoms with Gasteiger partial charge in [0.1, 0.15) is 12.0 Å². The van der Waals surface area contributed by atoms with Crippen LogP contribution in [0.3, 0.4) is 0 Å². The third-order valence-electron chi connectivity index (χ3n) is 5.99. The average Bonchev–Trinajstić information content (AvgIpc) is 3.15. The number of esters is 1. The number of nitrogens with zero attached hydrogens (tertiary/aromatic N) is 1. The summed E-state index contributed by atoms with van der Waals surface area (Å²) in [5.41, 5.74) is 2.51. The topological polar surface area (TPSA) is 69.0 Å². The molecule has 1 aliphatic heterocycles. The van der Waals surface area contributed by atoms with Crippen LogP contribution in [0.15, 0.2) is 45.8 Å². The zero-order valence-corrected chi connectivity index (χ0v) is 16.8. The minimum absolute atomic E-state index is 0.00247. The predicted molar refractivity (Wildman–Crippen MR) is 107 cm³/mol. The molecule has 0 bridgehead atoms. The van der Waals surface area contributed by atoms with E-state index in [4.69, 9.17) is 13.9 Å². The molecule has 0 atom stereocenters. The molecule has 2 aliphatic rings. The Kier molecular flexibility index (Phi) is 6.00. The van der Waals surface area contributed by atoms with E-state index in [0.717, 1.165) is 38.8 Å². The fourth-order valence-corrected chi connectivity index (χ4v) is 4.30. The summed E-state index contributed by atoms with van der Waals surface area (Å²) in [5.74, 6) is 1.12. The van der Waals surface area contributed by atoms with Crippen LogP contribution in [-0.4, -0.2) is 24.6 Å². The molecule has 1 aliphatic carbocycles. The predicted octanol–water partition coefficient (Wildman–Crippen LogP) is 3.51. The van der Waals surface area contributed by atoms with Gasteiger partial charge < -0.3 is 13.9 Å². The summed E-state index contributed by atoms with van der Waals surface area (Å²) in [6, 6.07) is 9.92. The van der Waals surface area contributed by atoms with Crippen LogP contribution in [0, 0.1) is 11.8 Å². The number of fused-ring (bicyclic) bond motifs is 1. The molecule has 0 saturated heterocycles. The summed E-state index contributed by atoms with van der Waals surface area (Å²) in [5, 5.41) is 0. The highest BCUT2D eigenvalue weighted by molar-refractivity contribution is 5.72. The summed E-state index contributed by atoms with van der Waals surface area (Å²) in [7, 11) is 1.43. The fourth-order valence-electron chi connectivity index (χ4n) is 4.30. The number of hydrogen-bond donors (Lipinski definition) is 0. The summed E-state index contributed by atoms with van der Waals surface area (Å²) >= 11 is 0. The molecule has 1 aromatic carbocycles. The van der Waals surface area contributed by atoms with Crippen LogP contribution >= 0.6 is 0 Å². The Labute approximate surface area is 170 Å². The Hall–Kier alpha value is -2.60. The third-order valence-corrected chi connectivity index (χ3v) is 5.99. The van der Waals surface area contributed by atoms with Gasteiger partial charge in [-0.3, -0.25) is 14.5 Å². The maximum absolute atomic E-state index is 12.4. The molecule has 0 amide bonds. The fraction of sp³-hybridized carbons (Fsp3) is 0.478. The van der Waals surface area contributed by atoms with E-state index >= 15 is 0 Å². The van der Waals surface area contributed by atoms with Crippen molar-refractivity contribution in [3.63, 3.8) is 0 Å². The van der Waals surface area contributed by atoms with Gasteiger partial charge in [0.25, 0.3) is 0 Å². The molecule has 1 aromatic heterocycles. The van der Waals surface area contributed by atoms with E-state index in [1.807, 2.05) is 0 Å². The highest BCUT2D eigenvalue weighted by Gasteiger charge is 2.27. The van der Waals surface area contributed by atoms with Crippen LogP contribution < -0.4 is 10.2 Å². The van der Waals surface area contributed by atoms with Crippen molar-refractivity contribution in [1.82, 2.24) is 4.90 Å². The number of hydrogen-bond acceptors (Lipinski definition) is 6. The molecule has 0 radical (unpaired) electrons. The molecule has 2 heterocycles. The Morgan fingerprint density at radius 2 is 1.83 bits per heavy atom. The average molecular weight is 397 g/mol. The van der Waals surface area contributed by atoms with Crippen molar-refractivity contribution in [1.29, 1.82) is 0 Å². The van der Waals surface area contributed by atoms with Crippen LogP contribution in [0.25, 0.3) is 0 Å². The van der Waals surface area contributed by atoms with Crippen LogP contribution in [-0.2, 0) is 29.2 Å². The summed E-state index contributed by atoms with van der Waals surface area (Å²) in [6.45, 7) is 2.81. The minimum atomic E-state index is -0.147. The van der Waals surface area contributed by atoms with E-state index in [9.17, 15) is 9.59 Å². The second-order valence-electron chi connectivity index (χ2n) is 8.04. The molecule has 4 rings (SSSR count). The molecular formula is C23H27NO5. The Morgan fingerprint density at radius 1 is 1.14 bits per heavy atom. The molecular weight excluding hydrogens is 370 g/mol. The first-order valence-corrected chi connectivity index (χ1v) is 10.2. The molecule has 0 spiro atoms. The van der Waals surface area contributed by atoms with E-state index in [2.05, 4.69) is 29.2 Å².